The third-order valence-electron chi connectivity index (χ3n) is 4.62. The van der Waals surface area contributed by atoms with Crippen LogP contribution in [0.4, 0.5) is 0 Å². The number of carbonyl (C=O) groups excluding carboxylic acids is 1. The number of carbonyl (C=O) groups is 1. The fourth-order valence-electron chi connectivity index (χ4n) is 3.14. The average Bonchev–Trinajstić information content (AvgIpc) is 2.77. The second-order valence-electron chi connectivity index (χ2n) is 6.78. The molecule has 3 rings (SSSR count). The van der Waals surface area contributed by atoms with Crippen LogP contribution < -0.4 is 28.3 Å². The van der Waals surface area contributed by atoms with E-state index in [1.165, 1.54) is 0 Å². The smallest absolute Gasteiger partial charge is 0.558 e. The SMILES string of the molecule is O=C(CCCC[PH-])c1c(COc2ccccc2)cccc1COc1ccccc1.[Li+]. The van der Waals surface area contributed by atoms with E-state index in [9.17, 15) is 4.79 Å². The maximum atomic E-state index is 13.1. The van der Waals surface area contributed by atoms with E-state index >= 15 is 0 Å². The summed E-state index contributed by atoms with van der Waals surface area (Å²) in [6.45, 7) is 0.699. The monoisotopic (exact) mass is 412 g/mol. The van der Waals surface area contributed by atoms with Crippen LogP contribution >= 0.6 is 9.24 Å². The number of Topliss-reactive ketones (excluding diaryl/α,β-unsaturated/α-hetero) is 1. The van der Waals surface area contributed by atoms with Gasteiger partial charge in [0.2, 0.25) is 0 Å². The Morgan fingerprint density at radius 2 is 1.20 bits per heavy atom. The first-order valence-electron chi connectivity index (χ1n) is 9.92. The fraction of sp³-hybridized carbons (Fsp3) is 0.240. The predicted molar refractivity (Wildman–Crippen MR) is 119 cm³/mol. The van der Waals surface area contributed by atoms with Crippen molar-refractivity contribution in [2.24, 2.45) is 0 Å². The molecule has 0 heterocycles. The van der Waals surface area contributed by atoms with Gasteiger partial charge in [-0.15, -0.1) is 0 Å². The number of hydrogen-bond acceptors (Lipinski definition) is 3. The first kappa shape index (κ1) is 24.2. The van der Waals surface area contributed by atoms with Crippen LogP contribution in [0, 0.1) is 0 Å². The molecule has 0 amide bonds. The molecule has 5 heteroatoms. The number of ketones is 1. The van der Waals surface area contributed by atoms with Gasteiger partial charge in [-0.05, 0) is 30.7 Å². The summed E-state index contributed by atoms with van der Waals surface area (Å²) in [6, 6.07) is 25.2. The number of benzene rings is 3. The van der Waals surface area contributed by atoms with E-state index < -0.39 is 0 Å². The van der Waals surface area contributed by atoms with E-state index in [1.54, 1.807) is 0 Å². The Bertz CT molecular complexity index is 839. The van der Waals surface area contributed by atoms with Gasteiger partial charge in [0.1, 0.15) is 24.7 Å². The summed E-state index contributed by atoms with van der Waals surface area (Å²) >= 11 is 0. The number of hydrogen-bond donors (Lipinski definition) is 0. The van der Waals surface area contributed by atoms with Crippen molar-refractivity contribution in [1.82, 2.24) is 0 Å². The number of para-hydroxylation sites is 2. The van der Waals surface area contributed by atoms with Gasteiger partial charge in [-0.3, -0.25) is 4.79 Å². The molecule has 3 nitrogen and oxygen atoms in total. The van der Waals surface area contributed by atoms with Crippen LogP contribution in [0.5, 0.6) is 11.5 Å². The number of unbranched alkanes of at least 4 members (excludes halogenated alkanes) is 1. The zero-order chi connectivity index (χ0) is 20.3. The van der Waals surface area contributed by atoms with Crippen LogP contribution in [0.2, 0.25) is 0 Å². The molecule has 30 heavy (non-hydrogen) atoms. The largest absolute Gasteiger partial charge is 1.00 e. The van der Waals surface area contributed by atoms with Gasteiger partial charge >= 0.3 is 18.9 Å². The van der Waals surface area contributed by atoms with Crippen LogP contribution in [-0.2, 0) is 13.2 Å². The van der Waals surface area contributed by atoms with E-state index in [1.807, 2.05) is 78.9 Å². The van der Waals surface area contributed by atoms with E-state index in [-0.39, 0.29) is 24.6 Å². The Kier molecular flexibility index (Phi) is 10.7. The topological polar surface area (TPSA) is 35.5 Å². The van der Waals surface area contributed by atoms with Gasteiger partial charge in [0.15, 0.2) is 5.78 Å². The van der Waals surface area contributed by atoms with Crippen molar-refractivity contribution in [3.63, 3.8) is 0 Å². The van der Waals surface area contributed by atoms with Gasteiger partial charge in [0.05, 0.1) is 0 Å². The van der Waals surface area contributed by atoms with Crippen molar-refractivity contribution >= 4 is 15.0 Å². The summed E-state index contributed by atoms with van der Waals surface area (Å²) in [5, 5.41) is 0. The van der Waals surface area contributed by atoms with E-state index in [0.717, 1.165) is 47.2 Å². The zero-order valence-electron chi connectivity index (χ0n) is 17.5. The molecule has 3 aromatic rings. The van der Waals surface area contributed by atoms with Gasteiger partial charge in [0.25, 0.3) is 0 Å². The quantitative estimate of drug-likeness (QED) is 0.210. The average molecular weight is 412 g/mol. The van der Waals surface area contributed by atoms with Crippen molar-refractivity contribution in [3.05, 3.63) is 95.6 Å². The van der Waals surface area contributed by atoms with Gasteiger partial charge < -0.3 is 18.7 Å². The van der Waals surface area contributed by atoms with Crippen molar-refractivity contribution in [2.45, 2.75) is 32.5 Å². The van der Waals surface area contributed by atoms with Gasteiger partial charge in [-0.1, -0.05) is 61.0 Å². The molecule has 0 unspecified atom stereocenters. The first-order chi connectivity index (χ1) is 14.3. The summed E-state index contributed by atoms with van der Waals surface area (Å²) in [6.07, 6.45) is 3.25. The fourth-order valence-corrected chi connectivity index (χ4v) is 3.39. The molecule has 0 atom stereocenters. The van der Waals surface area contributed by atoms with Crippen molar-refractivity contribution in [1.29, 1.82) is 0 Å². The van der Waals surface area contributed by atoms with Crippen molar-refractivity contribution in [3.8, 4) is 11.5 Å². The summed E-state index contributed by atoms with van der Waals surface area (Å²) in [4.78, 5) is 13.1. The first-order valence-corrected chi connectivity index (χ1v) is 10.6. The van der Waals surface area contributed by atoms with Crippen LogP contribution in [0.3, 0.4) is 0 Å². The van der Waals surface area contributed by atoms with E-state index in [2.05, 4.69) is 9.24 Å². The van der Waals surface area contributed by atoms with Crippen LogP contribution in [0.15, 0.2) is 78.9 Å². The summed E-state index contributed by atoms with van der Waals surface area (Å²) < 4.78 is 11.9. The maximum Gasteiger partial charge on any atom is 1.00 e. The summed E-state index contributed by atoms with van der Waals surface area (Å²) in [7, 11) is 3.48. The Hall–Kier alpha value is -2.04. The molecule has 0 fully saturated rings. The maximum absolute atomic E-state index is 13.1. The number of ether oxygens (including phenoxy) is 2. The Balaban J connectivity index is 0.00000320. The molecular formula is C25H26LiO3P. The molecule has 150 valence electrons. The molecule has 0 aliphatic carbocycles. The molecule has 3 aromatic carbocycles. The minimum atomic E-state index is 0. The molecule has 0 aromatic heterocycles. The van der Waals surface area contributed by atoms with Gasteiger partial charge in [0, 0.05) is 23.1 Å². The van der Waals surface area contributed by atoms with Gasteiger partial charge in [-0.2, -0.15) is 6.16 Å². The Labute approximate surface area is 193 Å². The summed E-state index contributed by atoms with van der Waals surface area (Å²) in [5.74, 6) is 1.72. The molecule has 0 radical (unpaired) electrons. The van der Waals surface area contributed by atoms with Crippen LogP contribution in [-0.4, -0.2) is 11.9 Å². The normalized spacial score (nSPS) is 10.2. The van der Waals surface area contributed by atoms with Crippen molar-refractivity contribution < 1.29 is 33.1 Å². The molecule has 0 saturated carbocycles. The molecule has 0 aliphatic heterocycles. The Morgan fingerprint density at radius 1 is 0.700 bits per heavy atom. The molecule has 0 spiro atoms. The molecule has 0 saturated heterocycles. The van der Waals surface area contributed by atoms with Crippen LogP contribution in [0.25, 0.3) is 0 Å². The third kappa shape index (κ3) is 7.33. The molecular weight excluding hydrogens is 386 g/mol. The second-order valence-corrected chi connectivity index (χ2v) is 7.28. The molecule has 0 bridgehead atoms. The minimum absolute atomic E-state index is 0. The third-order valence-corrected chi connectivity index (χ3v) is 4.98. The summed E-state index contributed by atoms with van der Waals surface area (Å²) in [5.41, 5.74) is 2.52. The predicted octanol–water partition coefficient (Wildman–Crippen LogP) is 3.34. The molecule has 0 N–H and O–H groups in total. The van der Waals surface area contributed by atoms with E-state index in [0.29, 0.717) is 19.6 Å². The van der Waals surface area contributed by atoms with Gasteiger partial charge in [-0.25, -0.2) is 0 Å². The minimum Gasteiger partial charge on any atom is -0.558 e. The Morgan fingerprint density at radius 3 is 1.67 bits per heavy atom. The zero-order valence-corrected chi connectivity index (χ0v) is 18.5. The second kappa shape index (κ2) is 13.3. The number of rotatable bonds is 11. The van der Waals surface area contributed by atoms with Crippen LogP contribution in [0.1, 0.15) is 40.7 Å². The van der Waals surface area contributed by atoms with E-state index in [4.69, 9.17) is 9.47 Å². The molecule has 0 aliphatic rings. The standard InChI is InChI=1S/C25H26O3P.Li/c26-24(16-7-8-17-29)25-20(18-27-22-12-3-1-4-13-22)10-9-11-21(25)19-28-23-14-5-2-6-15-23;/h1-6,9-15,29H,7-8,16-19H2;/q-1;+1. The van der Waals surface area contributed by atoms with Crippen molar-refractivity contribution in [2.75, 3.05) is 6.16 Å².